The van der Waals surface area contributed by atoms with Crippen molar-refractivity contribution < 1.29 is 22.7 Å². The molecule has 168 valence electrons. The summed E-state index contributed by atoms with van der Waals surface area (Å²) in [5.41, 5.74) is 2.90. The number of pyridine rings is 1. The molecule has 32 heavy (non-hydrogen) atoms. The average molecular weight is 474 g/mol. The van der Waals surface area contributed by atoms with Crippen LogP contribution in [0, 0.1) is 6.92 Å². The molecule has 0 amide bonds. The Labute approximate surface area is 193 Å². The molecule has 1 N–H and O–H groups in total. The Balaban J connectivity index is 0.000000913. The molecular weight excluding hydrogens is 450 g/mol. The third-order valence-corrected chi connectivity index (χ3v) is 6.01. The van der Waals surface area contributed by atoms with Crippen LogP contribution in [0.1, 0.15) is 31.0 Å². The first kappa shape index (κ1) is 23.7. The fourth-order valence-corrected chi connectivity index (χ4v) is 4.35. The summed E-state index contributed by atoms with van der Waals surface area (Å²) in [5.74, 6) is 2.16. The lowest BCUT2D eigenvalue weighted by Crippen LogP contribution is -2.10. The molecule has 8 nitrogen and oxygen atoms in total. The van der Waals surface area contributed by atoms with Crippen LogP contribution in [0.3, 0.4) is 0 Å². The molecule has 1 atom stereocenters. The zero-order chi connectivity index (χ0) is 23.1. The van der Waals surface area contributed by atoms with E-state index < -0.39 is 11.6 Å². The molecule has 0 spiro atoms. The van der Waals surface area contributed by atoms with Crippen molar-refractivity contribution in [3.63, 3.8) is 0 Å². The number of aryl methyl sites for hydroxylation is 1. The number of hydrogen-bond donors (Lipinski definition) is 1. The zero-order valence-corrected chi connectivity index (χ0v) is 19.5. The summed E-state index contributed by atoms with van der Waals surface area (Å²) in [4.78, 5) is 24.1. The van der Waals surface area contributed by atoms with Gasteiger partial charge in [-0.15, -0.1) is 0 Å². The van der Waals surface area contributed by atoms with Crippen LogP contribution in [-0.2, 0) is 16.4 Å². The SMILES string of the molecule is CCC(=O)CC1CN=C(c2cc3cc(Oc4ccc(C)cn4)cc(OC)c3[nH]2)S1.O=S=O. The van der Waals surface area contributed by atoms with Crippen LogP contribution in [0.15, 0.2) is 41.5 Å². The van der Waals surface area contributed by atoms with Crippen molar-refractivity contribution in [2.45, 2.75) is 31.9 Å². The van der Waals surface area contributed by atoms with E-state index in [1.165, 1.54) is 0 Å². The Morgan fingerprint density at radius 2 is 2.06 bits per heavy atom. The van der Waals surface area contributed by atoms with Gasteiger partial charge in [0.1, 0.15) is 22.3 Å². The first-order valence-corrected chi connectivity index (χ1v) is 11.5. The molecule has 1 unspecified atom stereocenters. The highest BCUT2D eigenvalue weighted by molar-refractivity contribution is 8.15. The number of carbonyl (C=O) groups excluding carboxylic acids is 1. The Morgan fingerprint density at radius 3 is 2.72 bits per heavy atom. The lowest BCUT2D eigenvalue weighted by Gasteiger charge is -2.08. The summed E-state index contributed by atoms with van der Waals surface area (Å²) in [5, 5.41) is 2.12. The van der Waals surface area contributed by atoms with E-state index in [0.29, 0.717) is 36.8 Å². The molecule has 1 aromatic carbocycles. The Kier molecular flexibility index (Phi) is 8.18. The standard InChI is InChI=1S/C22H23N3O3S.O2S/c1-4-15(26)9-17-12-24-22(29-17)18-8-14-7-16(10-19(27-3)21(14)25-18)28-20-6-5-13(2)11-23-20;1-3-2/h5-8,10-11,17,25H,4,9,12H2,1-3H3;. The van der Waals surface area contributed by atoms with E-state index in [0.717, 1.165) is 27.2 Å². The number of ketones is 1. The van der Waals surface area contributed by atoms with Gasteiger partial charge in [0.25, 0.3) is 0 Å². The number of nitrogens with one attached hydrogen (secondary N) is 1. The summed E-state index contributed by atoms with van der Waals surface area (Å²) in [6, 6.07) is 9.65. The normalized spacial score (nSPS) is 15.0. The minimum Gasteiger partial charge on any atom is -0.494 e. The maximum absolute atomic E-state index is 11.7. The van der Waals surface area contributed by atoms with Crippen molar-refractivity contribution in [3.05, 3.63) is 47.8 Å². The second-order valence-electron chi connectivity index (χ2n) is 7.10. The number of ether oxygens (including phenoxy) is 2. The van der Waals surface area contributed by atoms with E-state index in [9.17, 15) is 4.79 Å². The van der Waals surface area contributed by atoms with Crippen molar-refractivity contribution >= 4 is 45.1 Å². The van der Waals surface area contributed by atoms with Crippen LogP contribution < -0.4 is 9.47 Å². The van der Waals surface area contributed by atoms with Gasteiger partial charge in [-0.3, -0.25) is 9.79 Å². The van der Waals surface area contributed by atoms with E-state index in [2.05, 4.69) is 15.0 Å². The second kappa shape index (κ2) is 11.1. The predicted molar refractivity (Wildman–Crippen MR) is 126 cm³/mol. The molecule has 0 aliphatic carbocycles. The molecule has 4 rings (SSSR count). The maximum atomic E-state index is 11.7. The number of rotatable bonds is 7. The third kappa shape index (κ3) is 5.83. The molecule has 1 aliphatic rings. The van der Waals surface area contributed by atoms with Crippen molar-refractivity contribution in [2.24, 2.45) is 4.99 Å². The minimum atomic E-state index is -0.750. The fourth-order valence-electron chi connectivity index (χ4n) is 3.23. The number of benzene rings is 1. The van der Waals surface area contributed by atoms with Crippen molar-refractivity contribution in [1.29, 1.82) is 0 Å². The monoisotopic (exact) mass is 473 g/mol. The molecule has 10 heteroatoms. The average Bonchev–Trinajstić information content (AvgIpc) is 3.42. The highest BCUT2D eigenvalue weighted by atomic mass is 32.2. The predicted octanol–water partition coefficient (Wildman–Crippen LogP) is 4.23. The van der Waals surface area contributed by atoms with Gasteiger partial charge in [-0.25, -0.2) is 4.98 Å². The van der Waals surface area contributed by atoms with Gasteiger partial charge in [0, 0.05) is 41.8 Å². The number of H-pyrrole nitrogens is 1. The van der Waals surface area contributed by atoms with E-state index in [1.54, 1.807) is 25.1 Å². The Hall–Kier alpha value is -2.98. The first-order chi connectivity index (χ1) is 15.5. The van der Waals surface area contributed by atoms with Crippen LogP contribution in [0.4, 0.5) is 0 Å². The van der Waals surface area contributed by atoms with E-state index in [1.807, 2.05) is 44.2 Å². The molecule has 0 fully saturated rings. The minimum absolute atomic E-state index is 0.220. The van der Waals surface area contributed by atoms with Crippen molar-refractivity contribution in [3.8, 4) is 17.4 Å². The summed E-state index contributed by atoms with van der Waals surface area (Å²) in [6.45, 7) is 4.56. The van der Waals surface area contributed by atoms with Gasteiger partial charge in [-0.1, -0.05) is 24.8 Å². The number of methoxy groups -OCH3 is 1. The van der Waals surface area contributed by atoms with Gasteiger partial charge < -0.3 is 14.5 Å². The number of thioether (sulfide) groups is 1. The van der Waals surface area contributed by atoms with Crippen LogP contribution in [0.5, 0.6) is 17.4 Å². The topological polar surface area (TPSA) is 111 Å². The number of aromatic nitrogens is 2. The summed E-state index contributed by atoms with van der Waals surface area (Å²) in [7, 11) is 1.64. The van der Waals surface area contributed by atoms with Gasteiger partial charge in [0.15, 0.2) is 0 Å². The number of carbonyl (C=O) groups is 1. The van der Waals surface area contributed by atoms with Crippen LogP contribution in [0.25, 0.3) is 10.9 Å². The molecule has 3 aromatic rings. The molecule has 0 saturated heterocycles. The first-order valence-electron chi connectivity index (χ1n) is 9.93. The highest BCUT2D eigenvalue weighted by Gasteiger charge is 2.24. The molecular formula is C22H23N3O5S2. The molecule has 1 aliphatic heterocycles. The summed E-state index contributed by atoms with van der Waals surface area (Å²) in [6.07, 6.45) is 2.92. The third-order valence-electron chi connectivity index (χ3n) is 4.79. The van der Waals surface area contributed by atoms with Gasteiger partial charge in [-0.05, 0) is 24.6 Å². The van der Waals surface area contributed by atoms with E-state index >= 15 is 0 Å². The zero-order valence-electron chi connectivity index (χ0n) is 17.9. The lowest BCUT2D eigenvalue weighted by molar-refractivity contribution is -0.118. The second-order valence-corrected chi connectivity index (χ2v) is 8.52. The van der Waals surface area contributed by atoms with Crippen LogP contribution in [0.2, 0.25) is 0 Å². The van der Waals surface area contributed by atoms with Crippen molar-refractivity contribution in [1.82, 2.24) is 9.97 Å². The van der Waals surface area contributed by atoms with Gasteiger partial charge in [0.05, 0.1) is 24.9 Å². The Bertz CT molecular complexity index is 1170. The number of Topliss-reactive ketones (excluding diaryl/α,β-unsaturated/α-hetero) is 1. The molecule has 0 bridgehead atoms. The van der Waals surface area contributed by atoms with Gasteiger partial charge in [0.2, 0.25) is 5.88 Å². The van der Waals surface area contributed by atoms with Crippen molar-refractivity contribution in [2.75, 3.05) is 13.7 Å². The van der Waals surface area contributed by atoms with Gasteiger partial charge >= 0.3 is 11.6 Å². The quantitative estimate of drug-likeness (QED) is 0.546. The van der Waals surface area contributed by atoms with E-state index in [-0.39, 0.29) is 11.0 Å². The smallest absolute Gasteiger partial charge is 0.335 e. The lowest BCUT2D eigenvalue weighted by atomic mass is 10.2. The Morgan fingerprint density at radius 1 is 1.28 bits per heavy atom. The largest absolute Gasteiger partial charge is 0.494 e. The van der Waals surface area contributed by atoms with E-state index in [4.69, 9.17) is 17.9 Å². The molecule has 3 heterocycles. The highest BCUT2D eigenvalue weighted by Crippen LogP contribution is 2.35. The molecule has 2 aromatic heterocycles. The fraction of sp³-hybridized carbons (Fsp3) is 0.318. The number of nitrogens with zero attached hydrogens (tertiary/aromatic N) is 2. The summed E-state index contributed by atoms with van der Waals surface area (Å²) >= 11 is 0.910. The van der Waals surface area contributed by atoms with Crippen LogP contribution >= 0.6 is 11.8 Å². The number of aromatic amines is 1. The number of fused-ring (bicyclic) bond motifs is 1. The molecule has 0 saturated carbocycles. The maximum Gasteiger partial charge on any atom is 0.335 e. The van der Waals surface area contributed by atoms with Crippen LogP contribution in [-0.4, -0.2) is 48.1 Å². The summed E-state index contributed by atoms with van der Waals surface area (Å²) < 4.78 is 28.1. The number of hydrogen-bond acceptors (Lipinski definition) is 8. The molecule has 0 radical (unpaired) electrons. The van der Waals surface area contributed by atoms with Gasteiger partial charge in [-0.2, -0.15) is 8.42 Å². The number of aliphatic imine (C=N–C) groups is 1.